The van der Waals surface area contributed by atoms with Crippen molar-refractivity contribution < 1.29 is 0 Å². The Labute approximate surface area is 79.7 Å². The Balaban J connectivity index is 3.01. The molecule has 1 rings (SSSR count). The first-order chi connectivity index (χ1) is 6.31. The molecule has 2 heteroatoms. The van der Waals surface area contributed by atoms with Crippen molar-refractivity contribution in [3.63, 3.8) is 0 Å². The molecule has 0 saturated carbocycles. The van der Waals surface area contributed by atoms with Crippen molar-refractivity contribution in [2.24, 2.45) is 0 Å². The van der Waals surface area contributed by atoms with Crippen molar-refractivity contribution in [2.75, 3.05) is 5.32 Å². The third kappa shape index (κ3) is 2.31. The molecular weight excluding hydrogens is 160 g/mol. The molecule has 0 radical (unpaired) electrons. The third-order valence-electron chi connectivity index (χ3n) is 2.04. The van der Waals surface area contributed by atoms with Gasteiger partial charge in [0.2, 0.25) is 0 Å². The van der Waals surface area contributed by atoms with Gasteiger partial charge in [-0.1, -0.05) is 20.4 Å². The van der Waals surface area contributed by atoms with E-state index in [1.807, 2.05) is 6.20 Å². The fourth-order valence-electron chi connectivity index (χ4n) is 1.25. The van der Waals surface area contributed by atoms with Crippen LogP contribution in [0.5, 0.6) is 0 Å². The molecule has 70 valence electrons. The summed E-state index contributed by atoms with van der Waals surface area (Å²) in [6.45, 7) is 7.88. The van der Waals surface area contributed by atoms with Gasteiger partial charge in [-0.2, -0.15) is 0 Å². The standard InChI is InChI=1S/C11H16N2/c1-4-9-8-13-10(5-2)7-11(9)12-6-3/h6-8H,3-5H2,1-2H3,(H,12,13). The predicted molar refractivity (Wildman–Crippen MR) is 56.8 cm³/mol. The normalized spacial score (nSPS) is 9.69. The van der Waals surface area contributed by atoms with Gasteiger partial charge in [0.15, 0.2) is 0 Å². The van der Waals surface area contributed by atoms with Gasteiger partial charge in [-0.05, 0) is 30.7 Å². The number of aryl methyl sites for hydroxylation is 2. The molecule has 0 amide bonds. The van der Waals surface area contributed by atoms with E-state index in [-0.39, 0.29) is 0 Å². The molecule has 13 heavy (non-hydrogen) atoms. The molecule has 0 aliphatic rings. The summed E-state index contributed by atoms with van der Waals surface area (Å²) >= 11 is 0. The summed E-state index contributed by atoms with van der Waals surface area (Å²) in [5.74, 6) is 0. The molecule has 0 aromatic carbocycles. The minimum atomic E-state index is 0.968. The molecule has 0 atom stereocenters. The van der Waals surface area contributed by atoms with Crippen LogP contribution in [0.2, 0.25) is 0 Å². The molecule has 0 aliphatic carbocycles. The molecule has 1 heterocycles. The molecule has 1 aromatic heterocycles. The summed E-state index contributed by atoms with van der Waals surface area (Å²) in [7, 11) is 0. The predicted octanol–water partition coefficient (Wildman–Crippen LogP) is 2.76. The first kappa shape index (κ1) is 9.78. The van der Waals surface area contributed by atoms with Crippen LogP contribution in [0, 0.1) is 0 Å². The first-order valence-electron chi connectivity index (χ1n) is 4.67. The summed E-state index contributed by atoms with van der Waals surface area (Å²) in [4.78, 5) is 4.34. The van der Waals surface area contributed by atoms with E-state index < -0.39 is 0 Å². The SMILES string of the molecule is C=CNc1cc(CC)ncc1CC. The summed E-state index contributed by atoms with van der Waals surface area (Å²) in [6, 6.07) is 2.08. The lowest BCUT2D eigenvalue weighted by Gasteiger charge is -2.08. The topological polar surface area (TPSA) is 24.9 Å². The Bertz CT molecular complexity index is 292. The molecule has 0 fully saturated rings. The lowest BCUT2D eigenvalue weighted by atomic mass is 10.1. The number of aromatic nitrogens is 1. The monoisotopic (exact) mass is 176 g/mol. The van der Waals surface area contributed by atoms with E-state index in [1.165, 1.54) is 5.56 Å². The second-order valence-electron chi connectivity index (χ2n) is 2.89. The van der Waals surface area contributed by atoms with E-state index in [9.17, 15) is 0 Å². The summed E-state index contributed by atoms with van der Waals surface area (Å²) in [5.41, 5.74) is 3.48. The van der Waals surface area contributed by atoms with Gasteiger partial charge in [0.25, 0.3) is 0 Å². The molecule has 2 nitrogen and oxygen atoms in total. The quantitative estimate of drug-likeness (QED) is 0.763. The first-order valence-corrected chi connectivity index (χ1v) is 4.67. The molecule has 1 N–H and O–H groups in total. The van der Waals surface area contributed by atoms with Gasteiger partial charge < -0.3 is 5.32 Å². The zero-order valence-corrected chi connectivity index (χ0v) is 8.30. The second kappa shape index (κ2) is 4.65. The van der Waals surface area contributed by atoms with Crippen LogP contribution >= 0.6 is 0 Å². The Morgan fingerprint density at radius 1 is 1.46 bits per heavy atom. The highest BCUT2D eigenvalue weighted by atomic mass is 14.8. The Hall–Kier alpha value is -1.31. The van der Waals surface area contributed by atoms with Crippen LogP contribution in [0.4, 0.5) is 5.69 Å². The smallest absolute Gasteiger partial charge is 0.0445 e. The van der Waals surface area contributed by atoms with Crippen LogP contribution in [0.15, 0.2) is 25.0 Å². The van der Waals surface area contributed by atoms with Gasteiger partial charge in [-0.25, -0.2) is 0 Å². The van der Waals surface area contributed by atoms with Crippen LogP contribution in [0.25, 0.3) is 0 Å². The fourth-order valence-corrected chi connectivity index (χ4v) is 1.25. The van der Waals surface area contributed by atoms with Gasteiger partial charge in [-0.3, -0.25) is 4.98 Å². The number of hydrogen-bond acceptors (Lipinski definition) is 2. The Morgan fingerprint density at radius 3 is 2.77 bits per heavy atom. The number of rotatable bonds is 4. The molecule has 0 aliphatic heterocycles. The lowest BCUT2D eigenvalue weighted by molar-refractivity contribution is 1.01. The van der Waals surface area contributed by atoms with E-state index in [0.29, 0.717) is 0 Å². The van der Waals surface area contributed by atoms with Gasteiger partial charge >= 0.3 is 0 Å². The number of hydrogen-bond donors (Lipinski definition) is 1. The van der Waals surface area contributed by atoms with Crippen LogP contribution in [0.3, 0.4) is 0 Å². The van der Waals surface area contributed by atoms with E-state index in [0.717, 1.165) is 24.2 Å². The molecule has 0 unspecified atom stereocenters. The van der Waals surface area contributed by atoms with E-state index in [2.05, 4.69) is 36.8 Å². The zero-order chi connectivity index (χ0) is 9.68. The van der Waals surface area contributed by atoms with E-state index in [1.54, 1.807) is 6.20 Å². The Morgan fingerprint density at radius 2 is 2.23 bits per heavy atom. The third-order valence-corrected chi connectivity index (χ3v) is 2.04. The minimum Gasteiger partial charge on any atom is -0.362 e. The van der Waals surface area contributed by atoms with Gasteiger partial charge in [0.1, 0.15) is 0 Å². The largest absolute Gasteiger partial charge is 0.362 e. The molecule has 0 spiro atoms. The maximum atomic E-state index is 4.34. The average molecular weight is 176 g/mol. The van der Waals surface area contributed by atoms with Crippen molar-refractivity contribution in [2.45, 2.75) is 26.7 Å². The number of pyridine rings is 1. The minimum absolute atomic E-state index is 0.968. The van der Waals surface area contributed by atoms with Gasteiger partial charge in [-0.15, -0.1) is 0 Å². The number of anilines is 1. The zero-order valence-electron chi connectivity index (χ0n) is 8.30. The highest BCUT2D eigenvalue weighted by molar-refractivity contribution is 5.52. The van der Waals surface area contributed by atoms with Crippen molar-refractivity contribution >= 4 is 5.69 Å². The summed E-state index contributed by atoms with van der Waals surface area (Å²) in [5, 5.41) is 3.13. The fraction of sp³-hybridized carbons (Fsp3) is 0.364. The summed E-state index contributed by atoms with van der Waals surface area (Å²) in [6.07, 6.45) is 5.60. The highest BCUT2D eigenvalue weighted by Gasteiger charge is 2.00. The number of nitrogens with zero attached hydrogens (tertiary/aromatic N) is 1. The molecular formula is C11H16N2. The van der Waals surface area contributed by atoms with Gasteiger partial charge in [0, 0.05) is 17.6 Å². The van der Waals surface area contributed by atoms with Crippen molar-refractivity contribution in [3.8, 4) is 0 Å². The summed E-state index contributed by atoms with van der Waals surface area (Å²) < 4.78 is 0. The number of nitrogens with one attached hydrogen (secondary N) is 1. The van der Waals surface area contributed by atoms with Crippen LogP contribution < -0.4 is 5.32 Å². The maximum Gasteiger partial charge on any atom is 0.0445 e. The second-order valence-corrected chi connectivity index (χ2v) is 2.89. The lowest BCUT2D eigenvalue weighted by Crippen LogP contribution is -1.97. The Kier molecular flexibility index (Phi) is 3.50. The molecule has 0 saturated heterocycles. The maximum absolute atomic E-state index is 4.34. The van der Waals surface area contributed by atoms with Crippen LogP contribution in [-0.2, 0) is 12.8 Å². The van der Waals surface area contributed by atoms with Crippen molar-refractivity contribution in [1.29, 1.82) is 0 Å². The van der Waals surface area contributed by atoms with Gasteiger partial charge in [0.05, 0.1) is 0 Å². The van der Waals surface area contributed by atoms with E-state index in [4.69, 9.17) is 0 Å². The van der Waals surface area contributed by atoms with Crippen LogP contribution in [-0.4, -0.2) is 4.98 Å². The molecule has 1 aromatic rings. The van der Waals surface area contributed by atoms with E-state index >= 15 is 0 Å². The van der Waals surface area contributed by atoms with Crippen molar-refractivity contribution in [3.05, 3.63) is 36.3 Å². The molecule has 0 bridgehead atoms. The van der Waals surface area contributed by atoms with Crippen molar-refractivity contribution in [1.82, 2.24) is 4.98 Å². The highest BCUT2D eigenvalue weighted by Crippen LogP contribution is 2.16. The van der Waals surface area contributed by atoms with Crippen LogP contribution in [0.1, 0.15) is 25.1 Å². The average Bonchev–Trinajstić information content (AvgIpc) is 2.18.